The molecule has 18 heavy (non-hydrogen) atoms. The maximum absolute atomic E-state index is 10.5. The molecule has 0 fully saturated rings. The van der Waals surface area contributed by atoms with Gasteiger partial charge in [-0.25, -0.2) is 0 Å². The summed E-state index contributed by atoms with van der Waals surface area (Å²) in [5, 5.41) is 23.0. The lowest BCUT2D eigenvalue weighted by Gasteiger charge is -1.98. The standard InChI is InChI=1S/C10H10N4O4/c11-8(5-15)10-12-9(13-18-10)6-1-3-7(4-2-6)14(16)17/h1-4,8,15H,5,11H2/t8-/m0/s1. The Bertz CT molecular complexity index is 551. The molecular formula is C10H10N4O4. The molecule has 8 nitrogen and oxygen atoms in total. The summed E-state index contributed by atoms with van der Waals surface area (Å²) in [4.78, 5) is 14.0. The average molecular weight is 250 g/mol. The van der Waals surface area contributed by atoms with Crippen LogP contribution in [0.2, 0.25) is 0 Å². The third kappa shape index (κ3) is 2.34. The number of aliphatic hydroxyl groups excluding tert-OH is 1. The molecule has 0 saturated carbocycles. The monoisotopic (exact) mass is 250 g/mol. The van der Waals surface area contributed by atoms with E-state index in [0.29, 0.717) is 5.56 Å². The van der Waals surface area contributed by atoms with Gasteiger partial charge in [-0.1, -0.05) is 5.16 Å². The Balaban J connectivity index is 2.26. The first kappa shape index (κ1) is 12.1. The predicted molar refractivity (Wildman–Crippen MR) is 60.4 cm³/mol. The van der Waals surface area contributed by atoms with Crippen molar-refractivity contribution < 1.29 is 14.6 Å². The number of nitrogens with zero attached hydrogens (tertiary/aromatic N) is 3. The SMILES string of the molecule is N[C@@H](CO)c1nc(-c2ccc([N+](=O)[O-])cc2)no1. The van der Waals surface area contributed by atoms with E-state index < -0.39 is 11.0 Å². The van der Waals surface area contributed by atoms with E-state index in [1.807, 2.05) is 0 Å². The number of benzene rings is 1. The van der Waals surface area contributed by atoms with Gasteiger partial charge < -0.3 is 15.4 Å². The van der Waals surface area contributed by atoms with Crippen LogP contribution in [-0.4, -0.2) is 26.8 Å². The van der Waals surface area contributed by atoms with Gasteiger partial charge in [0.05, 0.1) is 11.5 Å². The van der Waals surface area contributed by atoms with Crippen LogP contribution in [0.3, 0.4) is 0 Å². The Morgan fingerprint density at radius 3 is 2.67 bits per heavy atom. The smallest absolute Gasteiger partial charge is 0.269 e. The van der Waals surface area contributed by atoms with Crippen LogP contribution in [0, 0.1) is 10.1 Å². The van der Waals surface area contributed by atoms with E-state index in [4.69, 9.17) is 15.4 Å². The molecule has 0 radical (unpaired) electrons. The van der Waals surface area contributed by atoms with Gasteiger partial charge in [-0.05, 0) is 12.1 Å². The highest BCUT2D eigenvalue weighted by Gasteiger charge is 2.15. The van der Waals surface area contributed by atoms with E-state index >= 15 is 0 Å². The largest absolute Gasteiger partial charge is 0.394 e. The third-order valence-electron chi connectivity index (χ3n) is 2.29. The van der Waals surface area contributed by atoms with Crippen molar-refractivity contribution in [1.29, 1.82) is 0 Å². The molecule has 0 spiro atoms. The number of nitro benzene ring substituents is 1. The van der Waals surface area contributed by atoms with E-state index in [2.05, 4.69) is 10.1 Å². The average Bonchev–Trinajstić information content (AvgIpc) is 2.87. The number of hydrogen-bond acceptors (Lipinski definition) is 7. The van der Waals surface area contributed by atoms with E-state index in [1.54, 1.807) is 0 Å². The van der Waals surface area contributed by atoms with E-state index in [0.717, 1.165) is 0 Å². The van der Waals surface area contributed by atoms with Crippen LogP contribution in [0.1, 0.15) is 11.9 Å². The Morgan fingerprint density at radius 2 is 2.11 bits per heavy atom. The minimum absolute atomic E-state index is 0.0190. The summed E-state index contributed by atoms with van der Waals surface area (Å²) in [6, 6.07) is 4.98. The van der Waals surface area contributed by atoms with Gasteiger partial charge in [-0.3, -0.25) is 10.1 Å². The Labute approximate surface area is 101 Å². The summed E-state index contributed by atoms with van der Waals surface area (Å²) in [5.74, 6) is 0.384. The first-order chi connectivity index (χ1) is 8.61. The second-order valence-corrected chi connectivity index (χ2v) is 3.55. The van der Waals surface area contributed by atoms with Gasteiger partial charge in [0.2, 0.25) is 11.7 Å². The molecule has 0 aliphatic rings. The van der Waals surface area contributed by atoms with Gasteiger partial charge in [0.25, 0.3) is 5.69 Å². The summed E-state index contributed by atoms with van der Waals surface area (Å²) in [6.45, 7) is -0.304. The zero-order chi connectivity index (χ0) is 13.1. The first-order valence-electron chi connectivity index (χ1n) is 5.06. The summed E-state index contributed by atoms with van der Waals surface area (Å²) in [5.41, 5.74) is 6.07. The zero-order valence-corrected chi connectivity index (χ0v) is 9.18. The molecule has 0 aliphatic carbocycles. The van der Waals surface area contributed by atoms with Gasteiger partial charge in [0, 0.05) is 17.7 Å². The molecule has 0 saturated heterocycles. The van der Waals surface area contributed by atoms with Gasteiger partial charge in [0.15, 0.2) is 0 Å². The van der Waals surface area contributed by atoms with Crippen LogP contribution in [-0.2, 0) is 0 Å². The minimum Gasteiger partial charge on any atom is -0.394 e. The highest BCUT2D eigenvalue weighted by atomic mass is 16.6. The van der Waals surface area contributed by atoms with Crippen molar-refractivity contribution in [1.82, 2.24) is 10.1 Å². The summed E-state index contributed by atoms with van der Waals surface area (Å²) in [6.07, 6.45) is 0. The van der Waals surface area contributed by atoms with Gasteiger partial charge >= 0.3 is 0 Å². The quantitative estimate of drug-likeness (QED) is 0.601. The van der Waals surface area contributed by atoms with Crippen molar-refractivity contribution in [3.63, 3.8) is 0 Å². The molecule has 2 rings (SSSR count). The fraction of sp³-hybridized carbons (Fsp3) is 0.200. The van der Waals surface area contributed by atoms with Crippen molar-refractivity contribution in [3.05, 3.63) is 40.3 Å². The molecule has 0 bridgehead atoms. The second-order valence-electron chi connectivity index (χ2n) is 3.55. The van der Waals surface area contributed by atoms with Gasteiger partial charge in [-0.15, -0.1) is 0 Å². The molecule has 1 aromatic heterocycles. The van der Waals surface area contributed by atoms with Crippen molar-refractivity contribution >= 4 is 5.69 Å². The lowest BCUT2D eigenvalue weighted by molar-refractivity contribution is -0.384. The van der Waals surface area contributed by atoms with Crippen LogP contribution in [0.25, 0.3) is 11.4 Å². The predicted octanol–water partition coefficient (Wildman–Crippen LogP) is 0.637. The molecule has 1 atom stereocenters. The zero-order valence-electron chi connectivity index (χ0n) is 9.18. The van der Waals surface area contributed by atoms with Crippen LogP contribution in [0.5, 0.6) is 0 Å². The second kappa shape index (κ2) is 4.90. The molecule has 0 aliphatic heterocycles. The maximum Gasteiger partial charge on any atom is 0.269 e. The summed E-state index contributed by atoms with van der Waals surface area (Å²) in [7, 11) is 0. The number of aromatic nitrogens is 2. The molecular weight excluding hydrogens is 240 g/mol. The Kier molecular flexibility index (Phi) is 3.31. The van der Waals surface area contributed by atoms with Crippen LogP contribution >= 0.6 is 0 Å². The van der Waals surface area contributed by atoms with Gasteiger partial charge in [0.1, 0.15) is 6.04 Å². The minimum atomic E-state index is -0.732. The van der Waals surface area contributed by atoms with Crippen molar-refractivity contribution in [2.45, 2.75) is 6.04 Å². The molecule has 0 unspecified atom stereocenters. The molecule has 8 heteroatoms. The summed E-state index contributed by atoms with van der Waals surface area (Å²) >= 11 is 0. The molecule has 94 valence electrons. The summed E-state index contributed by atoms with van der Waals surface area (Å²) < 4.78 is 4.87. The van der Waals surface area contributed by atoms with Crippen molar-refractivity contribution in [2.75, 3.05) is 6.61 Å². The van der Waals surface area contributed by atoms with Crippen LogP contribution in [0.15, 0.2) is 28.8 Å². The van der Waals surface area contributed by atoms with Crippen LogP contribution in [0.4, 0.5) is 5.69 Å². The lowest BCUT2D eigenvalue weighted by atomic mass is 10.2. The number of hydrogen-bond donors (Lipinski definition) is 2. The van der Waals surface area contributed by atoms with Gasteiger partial charge in [-0.2, -0.15) is 4.98 Å². The Hall–Kier alpha value is -2.32. The number of rotatable bonds is 4. The highest BCUT2D eigenvalue weighted by molar-refractivity contribution is 5.56. The molecule has 1 aromatic carbocycles. The van der Waals surface area contributed by atoms with Crippen LogP contribution < -0.4 is 5.73 Å². The first-order valence-corrected chi connectivity index (χ1v) is 5.06. The molecule has 1 heterocycles. The fourth-order valence-electron chi connectivity index (χ4n) is 1.31. The van der Waals surface area contributed by atoms with Crippen molar-refractivity contribution in [2.24, 2.45) is 5.73 Å². The van der Waals surface area contributed by atoms with Crippen molar-refractivity contribution in [3.8, 4) is 11.4 Å². The number of non-ortho nitro benzene ring substituents is 1. The maximum atomic E-state index is 10.5. The fourth-order valence-corrected chi connectivity index (χ4v) is 1.31. The topological polar surface area (TPSA) is 128 Å². The highest BCUT2D eigenvalue weighted by Crippen LogP contribution is 2.20. The third-order valence-corrected chi connectivity index (χ3v) is 2.29. The lowest BCUT2D eigenvalue weighted by Crippen LogP contribution is -2.14. The van der Waals surface area contributed by atoms with E-state index in [9.17, 15) is 10.1 Å². The normalized spacial score (nSPS) is 12.3. The number of nitrogens with two attached hydrogens (primary N) is 1. The molecule has 0 amide bonds. The van der Waals surface area contributed by atoms with E-state index in [-0.39, 0.29) is 24.0 Å². The number of aliphatic hydroxyl groups is 1. The molecule has 2 aromatic rings. The molecule has 3 N–H and O–H groups in total. The number of nitro groups is 1. The van der Waals surface area contributed by atoms with E-state index in [1.165, 1.54) is 24.3 Å². The Morgan fingerprint density at radius 1 is 1.44 bits per heavy atom.